The standard InChI is InChI=1S/C28H22F2N4O4S2/c1-16-6-8-20(9-7-16)40(37,38)34-24(30)23(21-13-19(29)14-31-25(21)34)26-32-22(15-39-26)17-4-3-5-18(12-17)28(36)10-11-33(2)27(28)35/h3-9,12-15,36H,10-11H2,1-2H3/t28-/m1/s1. The number of likely N-dealkylation sites (tertiary alicyclic amines) is 1. The monoisotopic (exact) mass is 580 g/mol. The van der Waals surface area contributed by atoms with Crippen LogP contribution in [0.4, 0.5) is 8.78 Å². The summed E-state index contributed by atoms with van der Waals surface area (Å²) in [6.45, 7) is 2.21. The van der Waals surface area contributed by atoms with Gasteiger partial charge in [-0.2, -0.15) is 8.36 Å². The summed E-state index contributed by atoms with van der Waals surface area (Å²) in [7, 11) is -2.80. The molecule has 1 N–H and O–H groups in total. The molecule has 4 heterocycles. The van der Waals surface area contributed by atoms with Gasteiger partial charge in [0.1, 0.15) is 10.8 Å². The molecule has 0 bridgehead atoms. The molecule has 204 valence electrons. The highest BCUT2D eigenvalue weighted by atomic mass is 32.2. The van der Waals surface area contributed by atoms with Gasteiger partial charge in [0, 0.05) is 36.3 Å². The molecule has 1 atom stereocenters. The fourth-order valence-electron chi connectivity index (χ4n) is 4.90. The van der Waals surface area contributed by atoms with Crippen molar-refractivity contribution in [2.24, 2.45) is 0 Å². The zero-order chi connectivity index (χ0) is 28.4. The molecule has 0 radical (unpaired) electrons. The van der Waals surface area contributed by atoms with Crippen molar-refractivity contribution in [2.45, 2.75) is 23.8 Å². The number of pyridine rings is 1. The van der Waals surface area contributed by atoms with Gasteiger partial charge < -0.3 is 10.0 Å². The second kappa shape index (κ2) is 9.29. The molecular formula is C28H22F2N4O4S2. The van der Waals surface area contributed by atoms with Gasteiger partial charge in [0.25, 0.3) is 15.9 Å². The first-order valence-corrected chi connectivity index (χ1v) is 14.5. The highest BCUT2D eigenvalue weighted by Gasteiger charge is 2.45. The molecule has 40 heavy (non-hydrogen) atoms. The number of carbonyl (C=O) groups is 1. The largest absolute Gasteiger partial charge is 0.375 e. The van der Waals surface area contributed by atoms with Crippen LogP contribution < -0.4 is 0 Å². The number of thiazole rings is 1. The second-order valence-electron chi connectivity index (χ2n) is 9.73. The molecule has 1 aliphatic heterocycles. The van der Waals surface area contributed by atoms with Gasteiger partial charge >= 0.3 is 0 Å². The minimum atomic E-state index is -4.42. The third-order valence-electron chi connectivity index (χ3n) is 7.10. The summed E-state index contributed by atoms with van der Waals surface area (Å²) in [4.78, 5) is 22.4. The van der Waals surface area contributed by atoms with Crippen LogP contribution in [-0.2, 0) is 20.4 Å². The Morgan fingerprint density at radius 3 is 2.55 bits per heavy atom. The zero-order valence-electron chi connectivity index (χ0n) is 21.3. The molecule has 1 aliphatic rings. The van der Waals surface area contributed by atoms with E-state index in [1.807, 2.05) is 0 Å². The van der Waals surface area contributed by atoms with Gasteiger partial charge in [-0.3, -0.25) is 4.79 Å². The Morgan fingerprint density at radius 1 is 1.10 bits per heavy atom. The zero-order valence-corrected chi connectivity index (χ0v) is 22.9. The van der Waals surface area contributed by atoms with Crippen molar-refractivity contribution < 1.29 is 27.1 Å². The van der Waals surface area contributed by atoms with Crippen LogP contribution in [-0.4, -0.2) is 51.9 Å². The van der Waals surface area contributed by atoms with Gasteiger partial charge in [-0.1, -0.05) is 35.9 Å². The van der Waals surface area contributed by atoms with E-state index in [-0.39, 0.29) is 32.9 Å². The molecule has 5 aromatic rings. The summed E-state index contributed by atoms with van der Waals surface area (Å²) in [6, 6.07) is 13.7. The Labute approximate surface area is 232 Å². The van der Waals surface area contributed by atoms with Crippen LogP contribution in [0, 0.1) is 18.7 Å². The van der Waals surface area contributed by atoms with Gasteiger partial charge in [0.2, 0.25) is 5.95 Å². The lowest BCUT2D eigenvalue weighted by Crippen LogP contribution is -2.36. The van der Waals surface area contributed by atoms with Crippen molar-refractivity contribution in [3.8, 4) is 21.8 Å². The number of amides is 1. The predicted octanol–water partition coefficient (Wildman–Crippen LogP) is 4.70. The van der Waals surface area contributed by atoms with E-state index in [2.05, 4.69) is 9.97 Å². The van der Waals surface area contributed by atoms with Crippen LogP contribution in [0.1, 0.15) is 17.5 Å². The number of likely N-dealkylation sites (N-methyl/N-ethyl adjacent to an activating group) is 1. The summed E-state index contributed by atoms with van der Waals surface area (Å²) in [5.74, 6) is -2.30. The second-order valence-corrected chi connectivity index (χ2v) is 12.4. The fourth-order valence-corrected chi connectivity index (χ4v) is 7.14. The van der Waals surface area contributed by atoms with Crippen LogP contribution in [0.3, 0.4) is 0 Å². The Kier molecular flexibility index (Phi) is 6.09. The lowest BCUT2D eigenvalue weighted by molar-refractivity contribution is -0.143. The fraction of sp³-hybridized carbons (Fsp3) is 0.179. The number of hydrogen-bond donors (Lipinski definition) is 1. The molecule has 0 aliphatic carbocycles. The molecular weight excluding hydrogens is 558 g/mol. The maximum absolute atomic E-state index is 16.1. The first kappa shape index (κ1) is 26.2. The van der Waals surface area contributed by atoms with Crippen LogP contribution in [0.2, 0.25) is 0 Å². The van der Waals surface area contributed by atoms with Crippen molar-refractivity contribution in [1.29, 1.82) is 0 Å². The Hall–Kier alpha value is -4.00. The van der Waals surface area contributed by atoms with E-state index >= 15 is 4.39 Å². The summed E-state index contributed by atoms with van der Waals surface area (Å²) in [5.41, 5.74) is 0.0968. The number of benzene rings is 2. The topological polar surface area (TPSA) is 105 Å². The third-order valence-corrected chi connectivity index (χ3v) is 9.64. The lowest BCUT2D eigenvalue weighted by Gasteiger charge is -2.21. The van der Waals surface area contributed by atoms with E-state index in [0.29, 0.717) is 27.3 Å². The number of nitrogens with zero attached hydrogens (tertiary/aromatic N) is 4. The highest BCUT2D eigenvalue weighted by Crippen LogP contribution is 2.40. The number of hydrogen-bond acceptors (Lipinski definition) is 7. The maximum Gasteiger partial charge on any atom is 0.271 e. The summed E-state index contributed by atoms with van der Waals surface area (Å²) >= 11 is 1.05. The van der Waals surface area contributed by atoms with E-state index in [1.165, 1.54) is 17.0 Å². The minimum Gasteiger partial charge on any atom is -0.375 e. The SMILES string of the molecule is Cc1ccc(S(=O)(=O)n2c(F)c(-c3nc(-c4cccc([C@]5(O)CCN(C)C5=O)c4)cs3)c3cc(F)cnc32)cc1. The molecule has 6 rings (SSSR count). The molecule has 3 aromatic heterocycles. The van der Waals surface area contributed by atoms with E-state index < -0.39 is 33.3 Å². The number of carbonyl (C=O) groups excluding carboxylic acids is 1. The Bertz CT molecular complexity index is 1920. The molecule has 0 saturated carbocycles. The van der Waals surface area contributed by atoms with E-state index in [9.17, 15) is 22.7 Å². The lowest BCUT2D eigenvalue weighted by atomic mass is 9.90. The number of fused-ring (bicyclic) bond motifs is 1. The number of halogens is 2. The van der Waals surface area contributed by atoms with E-state index in [0.717, 1.165) is 29.2 Å². The number of aryl methyl sites for hydroxylation is 1. The van der Waals surface area contributed by atoms with Gasteiger partial charge in [-0.25, -0.2) is 22.8 Å². The molecule has 0 unspecified atom stereocenters. The van der Waals surface area contributed by atoms with Gasteiger partial charge in [0.05, 0.1) is 22.3 Å². The normalized spacial score (nSPS) is 17.7. The Morgan fingerprint density at radius 2 is 1.85 bits per heavy atom. The first-order chi connectivity index (χ1) is 19.0. The van der Waals surface area contributed by atoms with Gasteiger partial charge in [0.15, 0.2) is 11.2 Å². The van der Waals surface area contributed by atoms with Crippen LogP contribution in [0.5, 0.6) is 0 Å². The number of rotatable bonds is 5. The average Bonchev–Trinajstić information content (AvgIpc) is 3.60. The molecule has 12 heteroatoms. The predicted molar refractivity (Wildman–Crippen MR) is 146 cm³/mol. The van der Waals surface area contributed by atoms with Crippen LogP contribution >= 0.6 is 11.3 Å². The molecule has 0 spiro atoms. The quantitative estimate of drug-likeness (QED) is 0.323. The van der Waals surface area contributed by atoms with Gasteiger partial charge in [-0.15, -0.1) is 11.3 Å². The highest BCUT2D eigenvalue weighted by molar-refractivity contribution is 7.90. The summed E-state index contributed by atoms with van der Waals surface area (Å²) < 4.78 is 57.8. The van der Waals surface area contributed by atoms with Crippen molar-refractivity contribution in [2.75, 3.05) is 13.6 Å². The smallest absolute Gasteiger partial charge is 0.271 e. The molecule has 1 saturated heterocycles. The summed E-state index contributed by atoms with van der Waals surface area (Å²) in [5, 5.41) is 12.8. The molecule has 8 nitrogen and oxygen atoms in total. The minimum absolute atomic E-state index is 0.0447. The molecule has 1 amide bonds. The third kappa shape index (κ3) is 4.02. The van der Waals surface area contributed by atoms with Crippen molar-refractivity contribution >= 4 is 38.3 Å². The average molecular weight is 581 g/mol. The van der Waals surface area contributed by atoms with Crippen LogP contribution in [0.25, 0.3) is 32.9 Å². The molecule has 1 fully saturated rings. The van der Waals surface area contributed by atoms with Crippen molar-refractivity contribution in [3.05, 3.63) is 89.1 Å². The van der Waals surface area contributed by atoms with Gasteiger partial charge in [-0.05, 0) is 36.8 Å². The summed E-state index contributed by atoms with van der Waals surface area (Å²) in [6.07, 6.45) is 1.07. The number of aliphatic hydroxyl groups is 1. The maximum atomic E-state index is 16.1. The van der Waals surface area contributed by atoms with E-state index in [1.54, 1.807) is 55.7 Å². The van der Waals surface area contributed by atoms with Crippen LogP contribution in [0.15, 0.2) is 71.1 Å². The molecule has 2 aromatic carbocycles. The van der Waals surface area contributed by atoms with Crippen molar-refractivity contribution in [1.82, 2.24) is 18.8 Å². The number of aromatic nitrogens is 3. The van der Waals surface area contributed by atoms with E-state index in [4.69, 9.17) is 0 Å². The van der Waals surface area contributed by atoms with Crippen molar-refractivity contribution in [3.63, 3.8) is 0 Å². The Balaban J connectivity index is 1.47. The first-order valence-electron chi connectivity index (χ1n) is 12.2.